The first-order valence-corrected chi connectivity index (χ1v) is 6.66. The van der Waals surface area contributed by atoms with Crippen LogP contribution in [0.5, 0.6) is 4.62 Å². The van der Waals surface area contributed by atoms with Crippen LogP contribution in [0.15, 0.2) is 28.7 Å². The Morgan fingerprint density at radius 2 is 2.33 bits per heavy atom. The number of hydrogen-bond acceptors (Lipinski definition) is 5. The molecule has 0 unspecified atom stereocenters. The van der Waals surface area contributed by atoms with Gasteiger partial charge in [-0.15, -0.1) is 0 Å². The molecule has 2 aromatic rings. The summed E-state index contributed by atoms with van der Waals surface area (Å²) in [7, 11) is 3.46. The predicted molar refractivity (Wildman–Crippen MR) is 65.5 cm³/mol. The van der Waals surface area contributed by atoms with Crippen molar-refractivity contribution in [2.75, 3.05) is 14.1 Å². The molecule has 94 valence electrons. The van der Waals surface area contributed by atoms with E-state index >= 15 is 0 Å². The van der Waals surface area contributed by atoms with Gasteiger partial charge in [0.05, 0.1) is 0 Å². The van der Waals surface area contributed by atoms with Gasteiger partial charge in [-0.1, -0.05) is 0 Å². The fraction of sp³-hybridized carbons (Fsp3) is 0.200. The standard InChI is InChI=1S/C10H10N4O3Se/c1-14(2)13-12-7-6-4-3-5-11-8(6)18-9(7)17-10(15)16/h3-5H,1-2H3,(H,15,16). The van der Waals surface area contributed by atoms with Gasteiger partial charge in [-0.25, -0.2) is 0 Å². The molecule has 0 amide bonds. The molecule has 7 nitrogen and oxygen atoms in total. The predicted octanol–water partition coefficient (Wildman–Crippen LogP) is 1.91. The van der Waals surface area contributed by atoms with Crippen LogP contribution in [0.1, 0.15) is 0 Å². The van der Waals surface area contributed by atoms with Crippen molar-refractivity contribution in [2.24, 2.45) is 10.3 Å². The minimum absolute atomic E-state index is 0.296. The third-order valence-electron chi connectivity index (χ3n) is 1.91. The molecule has 0 saturated carbocycles. The van der Waals surface area contributed by atoms with E-state index in [-0.39, 0.29) is 14.5 Å². The molecular formula is C10H10N4O3Se. The van der Waals surface area contributed by atoms with E-state index < -0.39 is 6.16 Å². The van der Waals surface area contributed by atoms with Gasteiger partial charge >= 0.3 is 108 Å². The number of pyridine rings is 1. The van der Waals surface area contributed by atoms with E-state index in [2.05, 4.69) is 15.3 Å². The first-order valence-electron chi connectivity index (χ1n) is 4.95. The molecule has 0 saturated heterocycles. The molecule has 8 heteroatoms. The van der Waals surface area contributed by atoms with Crippen LogP contribution in [0.25, 0.3) is 9.78 Å². The maximum atomic E-state index is 10.6. The molecule has 2 heterocycles. The summed E-state index contributed by atoms with van der Waals surface area (Å²) in [5.41, 5.74) is 0.439. The van der Waals surface area contributed by atoms with Gasteiger partial charge in [0.25, 0.3) is 0 Å². The SMILES string of the molecule is CN(C)N=Nc1c(OC(=O)O)[se]c2ncccc12. The van der Waals surface area contributed by atoms with Gasteiger partial charge in [0.15, 0.2) is 0 Å². The van der Waals surface area contributed by atoms with Crippen molar-refractivity contribution < 1.29 is 14.6 Å². The van der Waals surface area contributed by atoms with E-state index in [0.717, 1.165) is 9.78 Å². The molecule has 1 N–H and O–H groups in total. The number of ether oxygens (including phenoxy) is 1. The summed E-state index contributed by atoms with van der Waals surface area (Å²) >= 11 is -0.296. The number of nitrogens with zero attached hydrogens (tertiary/aromatic N) is 4. The maximum absolute atomic E-state index is 10.6. The third kappa shape index (κ3) is 2.66. The minimum atomic E-state index is -1.35. The van der Waals surface area contributed by atoms with Crippen LogP contribution >= 0.6 is 0 Å². The van der Waals surface area contributed by atoms with Crippen LogP contribution in [0, 0.1) is 0 Å². The molecule has 0 radical (unpaired) electrons. The normalized spacial score (nSPS) is 11.0. The number of carbonyl (C=O) groups is 1. The monoisotopic (exact) mass is 314 g/mol. The van der Waals surface area contributed by atoms with E-state index in [4.69, 9.17) is 9.84 Å². The second kappa shape index (κ2) is 5.16. The Hall–Kier alpha value is -1.92. The molecular weight excluding hydrogens is 303 g/mol. The van der Waals surface area contributed by atoms with Crippen LogP contribution in [0.2, 0.25) is 0 Å². The Labute approximate surface area is 108 Å². The van der Waals surface area contributed by atoms with Crippen molar-refractivity contribution in [2.45, 2.75) is 0 Å². The van der Waals surface area contributed by atoms with Gasteiger partial charge in [0, 0.05) is 0 Å². The van der Waals surface area contributed by atoms with Crippen molar-refractivity contribution in [1.82, 2.24) is 9.99 Å². The molecule has 0 aliphatic rings. The number of hydrogen-bond donors (Lipinski definition) is 1. The second-order valence-electron chi connectivity index (χ2n) is 3.50. The fourth-order valence-corrected chi connectivity index (χ4v) is 3.21. The zero-order chi connectivity index (χ0) is 13.1. The van der Waals surface area contributed by atoms with Crippen LogP contribution in [0.3, 0.4) is 0 Å². The molecule has 2 rings (SSSR count). The van der Waals surface area contributed by atoms with Gasteiger partial charge in [-0.3, -0.25) is 0 Å². The summed E-state index contributed by atoms with van der Waals surface area (Å²) in [6.45, 7) is 0. The van der Waals surface area contributed by atoms with Gasteiger partial charge in [0.1, 0.15) is 0 Å². The van der Waals surface area contributed by atoms with E-state index in [1.54, 1.807) is 26.4 Å². The van der Waals surface area contributed by atoms with Crippen molar-refractivity contribution in [3.63, 3.8) is 0 Å². The average Bonchev–Trinajstić information content (AvgIpc) is 2.62. The van der Waals surface area contributed by atoms with Crippen LogP contribution in [-0.4, -0.2) is 49.9 Å². The van der Waals surface area contributed by atoms with Gasteiger partial charge < -0.3 is 0 Å². The average molecular weight is 313 g/mol. The molecule has 0 atom stereocenters. The number of rotatable bonds is 3. The van der Waals surface area contributed by atoms with Crippen LogP contribution in [-0.2, 0) is 0 Å². The fourth-order valence-electron chi connectivity index (χ4n) is 1.28. The molecule has 0 aliphatic heterocycles. The summed E-state index contributed by atoms with van der Waals surface area (Å²) in [6, 6.07) is 3.59. The number of carboxylic acid groups (broad SMARTS) is 1. The van der Waals surface area contributed by atoms with E-state index in [9.17, 15) is 4.79 Å². The van der Waals surface area contributed by atoms with Crippen LogP contribution in [0.4, 0.5) is 10.5 Å². The Bertz CT molecular complexity index is 608. The molecule has 0 aliphatic carbocycles. The first-order chi connectivity index (χ1) is 8.58. The topological polar surface area (TPSA) is 87.4 Å². The van der Waals surface area contributed by atoms with Crippen molar-refractivity contribution in [3.05, 3.63) is 18.3 Å². The summed E-state index contributed by atoms with van der Waals surface area (Å²) in [5.74, 6) is 0. The zero-order valence-corrected chi connectivity index (χ0v) is 11.4. The van der Waals surface area contributed by atoms with Crippen molar-refractivity contribution in [3.8, 4) is 4.62 Å². The summed E-state index contributed by atoms with van der Waals surface area (Å²) in [5, 5.41) is 18.9. The molecule has 2 aromatic heterocycles. The summed E-state index contributed by atoms with van der Waals surface area (Å²) in [6.07, 6.45) is 0.308. The van der Waals surface area contributed by atoms with Gasteiger partial charge in [-0.05, 0) is 0 Å². The van der Waals surface area contributed by atoms with E-state index in [0.29, 0.717) is 10.3 Å². The molecule has 0 aromatic carbocycles. The van der Waals surface area contributed by atoms with Crippen LogP contribution < -0.4 is 4.74 Å². The van der Waals surface area contributed by atoms with E-state index in [1.165, 1.54) is 5.01 Å². The van der Waals surface area contributed by atoms with Crippen molar-refractivity contribution >= 4 is 36.1 Å². The number of aromatic nitrogens is 1. The van der Waals surface area contributed by atoms with Gasteiger partial charge in [0.2, 0.25) is 0 Å². The Balaban J connectivity index is 2.53. The molecule has 18 heavy (non-hydrogen) atoms. The quantitative estimate of drug-likeness (QED) is 0.405. The van der Waals surface area contributed by atoms with Crippen molar-refractivity contribution in [1.29, 1.82) is 0 Å². The second-order valence-corrected chi connectivity index (χ2v) is 5.52. The zero-order valence-electron chi connectivity index (χ0n) is 9.69. The molecule has 0 spiro atoms. The Morgan fingerprint density at radius 1 is 1.56 bits per heavy atom. The molecule has 0 bridgehead atoms. The Morgan fingerprint density at radius 3 is 3.00 bits per heavy atom. The Kier molecular flexibility index (Phi) is 3.59. The van der Waals surface area contributed by atoms with Gasteiger partial charge in [-0.2, -0.15) is 0 Å². The molecule has 0 fully saturated rings. The summed E-state index contributed by atoms with van der Waals surface area (Å²) < 4.78 is 5.86. The first kappa shape index (κ1) is 12.5. The summed E-state index contributed by atoms with van der Waals surface area (Å²) in [4.78, 5) is 14.8. The van der Waals surface area contributed by atoms with E-state index in [1.807, 2.05) is 6.07 Å². The third-order valence-corrected chi connectivity index (χ3v) is 3.97. The number of fused-ring (bicyclic) bond motifs is 1.